The molecular formula is C16H22N5O4+. The summed E-state index contributed by atoms with van der Waals surface area (Å²) in [7, 11) is 4.36. The number of esters is 1. The average molecular weight is 348 g/mol. The summed E-state index contributed by atoms with van der Waals surface area (Å²) in [4.78, 5) is 43.6. The summed E-state index contributed by atoms with van der Waals surface area (Å²) in [5.41, 5.74) is 0.581. The number of likely N-dealkylation sites (N-methyl/N-ethyl adjacent to an activating group) is 2. The van der Waals surface area contributed by atoms with Crippen molar-refractivity contribution in [3.8, 4) is 0 Å². The number of amides is 3. The second-order valence-electron chi connectivity index (χ2n) is 7.25. The third-order valence-electron chi connectivity index (χ3n) is 4.53. The van der Waals surface area contributed by atoms with Crippen LogP contribution in [0.5, 0.6) is 0 Å². The Balaban J connectivity index is 2.19. The van der Waals surface area contributed by atoms with Crippen LogP contribution in [0.1, 0.15) is 32.5 Å². The topological polar surface area (TPSA) is 88.1 Å². The molecule has 3 heterocycles. The van der Waals surface area contributed by atoms with Gasteiger partial charge in [-0.05, 0) is 0 Å². The second kappa shape index (κ2) is 5.40. The van der Waals surface area contributed by atoms with E-state index in [9.17, 15) is 14.4 Å². The van der Waals surface area contributed by atoms with Crippen molar-refractivity contribution < 1.29 is 23.7 Å². The fourth-order valence-electron chi connectivity index (χ4n) is 3.14. The minimum Gasteiger partial charge on any atom is -0.467 e. The number of aliphatic imine (C=N–C) groups is 1. The molecule has 0 radical (unpaired) electrons. The van der Waals surface area contributed by atoms with E-state index in [1.165, 1.54) is 19.1 Å². The van der Waals surface area contributed by atoms with E-state index in [4.69, 9.17) is 4.74 Å². The largest absolute Gasteiger partial charge is 0.467 e. The number of hydrogen-bond donors (Lipinski definition) is 0. The normalized spacial score (nSPS) is 19.8. The zero-order valence-corrected chi connectivity index (χ0v) is 15.2. The van der Waals surface area contributed by atoms with Crippen molar-refractivity contribution >= 4 is 29.7 Å². The first-order valence-corrected chi connectivity index (χ1v) is 7.93. The quantitative estimate of drug-likeness (QED) is 0.570. The number of imide groups is 1. The van der Waals surface area contributed by atoms with E-state index in [2.05, 4.69) is 4.99 Å². The van der Waals surface area contributed by atoms with Gasteiger partial charge in [0, 0.05) is 19.5 Å². The summed E-state index contributed by atoms with van der Waals surface area (Å²) in [5, 5.41) is 0. The molecule has 1 atom stereocenters. The number of carbonyl (C=O) groups excluding carboxylic acids is 3. The third kappa shape index (κ3) is 2.41. The van der Waals surface area contributed by atoms with Crippen LogP contribution < -0.4 is 4.57 Å². The lowest BCUT2D eigenvalue weighted by Gasteiger charge is -2.30. The summed E-state index contributed by atoms with van der Waals surface area (Å²) in [6, 6.07) is -1.14. The number of ether oxygens (including phenoxy) is 1. The van der Waals surface area contributed by atoms with Crippen molar-refractivity contribution in [3.05, 3.63) is 11.9 Å². The Kier molecular flexibility index (Phi) is 3.70. The Labute approximate surface area is 145 Å². The molecule has 0 aromatic carbocycles. The van der Waals surface area contributed by atoms with Crippen molar-refractivity contribution in [2.75, 3.05) is 21.2 Å². The fraction of sp³-hybridized carbons (Fsp3) is 0.562. The highest BCUT2D eigenvalue weighted by Gasteiger charge is 2.53. The van der Waals surface area contributed by atoms with Gasteiger partial charge in [-0.15, -0.1) is 0 Å². The summed E-state index contributed by atoms with van der Waals surface area (Å²) in [6.45, 7) is 6.03. The monoisotopic (exact) mass is 348 g/mol. The number of methoxy groups -OCH3 is 1. The number of fused-ring (bicyclic) bond motifs is 3. The standard InChI is InChI=1S/C16H22N5O4/c1-16(2,3)9-7-21-11-12(18(4)15(24)19(5)13(11)23)17-14(21)20(9)8-10(22)25-6/h7,11H,8H2,1-6H3/q+1. The zero-order chi connectivity index (χ0) is 18.7. The second-order valence-corrected chi connectivity index (χ2v) is 7.25. The molecular weight excluding hydrogens is 326 g/mol. The van der Waals surface area contributed by atoms with Gasteiger partial charge in [0.2, 0.25) is 11.9 Å². The van der Waals surface area contributed by atoms with Gasteiger partial charge < -0.3 is 4.74 Å². The molecule has 1 unspecified atom stereocenters. The molecule has 2 aliphatic heterocycles. The molecule has 3 rings (SSSR count). The molecule has 0 saturated carbocycles. The lowest BCUT2D eigenvalue weighted by Crippen LogP contribution is -2.61. The van der Waals surface area contributed by atoms with Crippen LogP contribution in [0.15, 0.2) is 11.2 Å². The number of aromatic nitrogens is 2. The number of urea groups is 1. The van der Waals surface area contributed by atoms with E-state index in [0.29, 0.717) is 11.8 Å². The summed E-state index contributed by atoms with van der Waals surface area (Å²) >= 11 is 0. The Morgan fingerprint density at radius 2 is 1.92 bits per heavy atom. The van der Waals surface area contributed by atoms with Crippen molar-refractivity contribution in [1.82, 2.24) is 14.4 Å². The molecule has 2 aliphatic rings. The molecule has 0 N–H and O–H groups in total. The first-order valence-electron chi connectivity index (χ1n) is 7.93. The smallest absolute Gasteiger partial charge is 0.402 e. The fourth-order valence-corrected chi connectivity index (χ4v) is 3.14. The Hall–Kier alpha value is -2.71. The Morgan fingerprint density at radius 1 is 1.28 bits per heavy atom. The number of rotatable bonds is 2. The molecule has 0 aliphatic carbocycles. The maximum absolute atomic E-state index is 12.6. The third-order valence-corrected chi connectivity index (χ3v) is 4.53. The number of hydrogen-bond acceptors (Lipinski definition) is 5. The highest BCUT2D eigenvalue weighted by molar-refractivity contribution is 6.18. The maximum atomic E-state index is 12.6. The van der Waals surface area contributed by atoms with Crippen LogP contribution in [0.3, 0.4) is 0 Å². The molecule has 0 spiro atoms. The summed E-state index contributed by atoms with van der Waals surface area (Å²) in [6.07, 6.45) is 1.83. The van der Waals surface area contributed by atoms with Gasteiger partial charge in [-0.3, -0.25) is 14.6 Å². The molecule has 1 aromatic rings. The van der Waals surface area contributed by atoms with E-state index >= 15 is 0 Å². The highest BCUT2D eigenvalue weighted by Crippen LogP contribution is 2.32. The van der Waals surface area contributed by atoms with E-state index in [-0.39, 0.29) is 17.9 Å². The van der Waals surface area contributed by atoms with Crippen LogP contribution in [0.2, 0.25) is 0 Å². The predicted octanol–water partition coefficient (Wildman–Crippen LogP) is 0.355. The van der Waals surface area contributed by atoms with Crippen molar-refractivity contribution in [2.45, 2.75) is 38.8 Å². The van der Waals surface area contributed by atoms with Gasteiger partial charge in [-0.1, -0.05) is 25.8 Å². The van der Waals surface area contributed by atoms with Crippen molar-refractivity contribution in [1.29, 1.82) is 0 Å². The van der Waals surface area contributed by atoms with Crippen LogP contribution in [-0.2, 0) is 26.3 Å². The van der Waals surface area contributed by atoms with Crippen LogP contribution >= 0.6 is 0 Å². The first kappa shape index (κ1) is 17.1. The summed E-state index contributed by atoms with van der Waals surface area (Å²) in [5.74, 6) is 0.0644. The molecule has 134 valence electrons. The van der Waals surface area contributed by atoms with E-state index in [1.807, 2.05) is 27.0 Å². The van der Waals surface area contributed by atoms with E-state index in [0.717, 1.165) is 10.6 Å². The maximum Gasteiger partial charge on any atom is 0.402 e. The van der Waals surface area contributed by atoms with Gasteiger partial charge in [0.05, 0.1) is 7.11 Å². The highest BCUT2D eigenvalue weighted by atomic mass is 16.5. The predicted molar refractivity (Wildman–Crippen MR) is 87.4 cm³/mol. The van der Waals surface area contributed by atoms with Gasteiger partial charge in [-0.2, -0.15) is 0 Å². The summed E-state index contributed by atoms with van der Waals surface area (Å²) < 4.78 is 8.25. The zero-order valence-electron chi connectivity index (χ0n) is 15.2. The van der Waals surface area contributed by atoms with Crippen LogP contribution in [-0.4, -0.2) is 59.3 Å². The molecule has 1 fully saturated rings. The van der Waals surface area contributed by atoms with Crippen LogP contribution in [0.4, 0.5) is 10.7 Å². The minimum absolute atomic E-state index is 0.0172. The van der Waals surface area contributed by atoms with Gasteiger partial charge in [0.25, 0.3) is 5.91 Å². The van der Waals surface area contributed by atoms with Gasteiger partial charge in [0.1, 0.15) is 11.9 Å². The lowest BCUT2D eigenvalue weighted by atomic mass is 9.92. The van der Waals surface area contributed by atoms with Gasteiger partial charge in [0.15, 0.2) is 6.54 Å². The molecule has 9 heteroatoms. The average Bonchev–Trinajstić information content (AvgIpc) is 3.07. The van der Waals surface area contributed by atoms with Crippen LogP contribution in [0.25, 0.3) is 0 Å². The minimum atomic E-state index is -0.706. The molecule has 9 nitrogen and oxygen atoms in total. The SMILES string of the molecule is COC(=O)Cn1c(C(C)(C)C)c[n+]2c1N=C1C2C(=O)N(C)C(=O)N1C. The number of nitrogens with zero attached hydrogens (tertiary/aromatic N) is 5. The van der Waals surface area contributed by atoms with Crippen LogP contribution in [0, 0.1) is 0 Å². The lowest BCUT2D eigenvalue weighted by molar-refractivity contribution is -0.677. The number of carbonyl (C=O) groups is 3. The number of amidine groups is 1. The van der Waals surface area contributed by atoms with Crippen molar-refractivity contribution in [2.24, 2.45) is 4.99 Å². The van der Waals surface area contributed by atoms with Gasteiger partial charge >= 0.3 is 17.9 Å². The number of imidazole rings is 1. The molecule has 0 bridgehead atoms. The molecule has 1 aromatic heterocycles. The molecule has 25 heavy (non-hydrogen) atoms. The Bertz CT molecular complexity index is 817. The van der Waals surface area contributed by atoms with E-state index < -0.39 is 18.0 Å². The van der Waals surface area contributed by atoms with Gasteiger partial charge in [-0.25, -0.2) is 18.7 Å². The van der Waals surface area contributed by atoms with Crippen molar-refractivity contribution in [3.63, 3.8) is 0 Å². The molecule has 1 saturated heterocycles. The first-order chi connectivity index (χ1) is 11.6. The molecule has 3 amide bonds. The van der Waals surface area contributed by atoms with E-state index in [1.54, 1.807) is 16.2 Å². The Morgan fingerprint density at radius 3 is 2.48 bits per heavy atom.